The van der Waals surface area contributed by atoms with Crippen molar-refractivity contribution in [2.45, 2.75) is 39.5 Å². The second kappa shape index (κ2) is 6.88. The van der Waals surface area contributed by atoms with Crippen molar-refractivity contribution in [2.75, 3.05) is 5.32 Å². The van der Waals surface area contributed by atoms with Crippen LogP contribution in [0.2, 0.25) is 0 Å². The SMILES string of the molecule is CCCc1ccnc(Nc2cc(CCC)ccn2)c1. The molecule has 0 unspecified atom stereocenters. The van der Waals surface area contributed by atoms with Gasteiger partial charge in [0.15, 0.2) is 0 Å². The molecule has 0 aliphatic heterocycles. The van der Waals surface area contributed by atoms with Crippen molar-refractivity contribution in [3.05, 3.63) is 47.8 Å². The summed E-state index contributed by atoms with van der Waals surface area (Å²) >= 11 is 0. The quantitative estimate of drug-likeness (QED) is 0.843. The van der Waals surface area contributed by atoms with E-state index in [0.29, 0.717) is 0 Å². The van der Waals surface area contributed by atoms with Crippen molar-refractivity contribution >= 4 is 11.6 Å². The normalized spacial score (nSPS) is 10.4. The summed E-state index contributed by atoms with van der Waals surface area (Å²) in [5.74, 6) is 1.74. The van der Waals surface area contributed by atoms with E-state index in [1.54, 1.807) is 0 Å². The minimum atomic E-state index is 0.868. The number of rotatable bonds is 6. The summed E-state index contributed by atoms with van der Waals surface area (Å²) in [5.41, 5.74) is 2.62. The van der Waals surface area contributed by atoms with Crippen LogP contribution in [0.15, 0.2) is 36.7 Å². The molecule has 0 atom stereocenters. The molecule has 0 saturated carbocycles. The van der Waals surface area contributed by atoms with E-state index in [0.717, 1.165) is 37.3 Å². The van der Waals surface area contributed by atoms with Crippen LogP contribution in [-0.2, 0) is 12.8 Å². The molecule has 0 amide bonds. The van der Waals surface area contributed by atoms with Crippen LogP contribution in [-0.4, -0.2) is 9.97 Å². The second-order valence-corrected chi connectivity index (χ2v) is 4.72. The number of nitrogens with one attached hydrogen (secondary N) is 1. The summed E-state index contributed by atoms with van der Waals surface area (Å²) in [7, 11) is 0. The molecule has 0 radical (unpaired) electrons. The average Bonchev–Trinajstić information content (AvgIpc) is 2.40. The monoisotopic (exact) mass is 255 g/mol. The largest absolute Gasteiger partial charge is 0.325 e. The Hall–Kier alpha value is -1.90. The van der Waals surface area contributed by atoms with E-state index in [-0.39, 0.29) is 0 Å². The highest BCUT2D eigenvalue weighted by Crippen LogP contribution is 2.16. The van der Waals surface area contributed by atoms with E-state index in [9.17, 15) is 0 Å². The zero-order valence-corrected chi connectivity index (χ0v) is 11.7. The van der Waals surface area contributed by atoms with Crippen LogP contribution in [0.5, 0.6) is 0 Å². The van der Waals surface area contributed by atoms with Gasteiger partial charge < -0.3 is 5.32 Å². The van der Waals surface area contributed by atoms with Gasteiger partial charge in [0.2, 0.25) is 0 Å². The number of anilines is 2. The summed E-state index contributed by atoms with van der Waals surface area (Å²) in [6.07, 6.45) is 8.16. The van der Waals surface area contributed by atoms with E-state index in [2.05, 4.69) is 53.4 Å². The maximum Gasteiger partial charge on any atom is 0.131 e. The molecule has 0 aliphatic rings. The van der Waals surface area contributed by atoms with Crippen LogP contribution in [0.4, 0.5) is 11.6 Å². The van der Waals surface area contributed by atoms with Gasteiger partial charge in [-0.05, 0) is 48.2 Å². The van der Waals surface area contributed by atoms with Crippen LogP contribution in [0.3, 0.4) is 0 Å². The van der Waals surface area contributed by atoms with Gasteiger partial charge in [-0.25, -0.2) is 9.97 Å². The lowest BCUT2D eigenvalue weighted by atomic mass is 10.1. The Morgan fingerprint density at radius 2 is 1.32 bits per heavy atom. The van der Waals surface area contributed by atoms with Gasteiger partial charge in [0.1, 0.15) is 11.6 Å². The highest BCUT2D eigenvalue weighted by Gasteiger charge is 2.00. The molecule has 0 fully saturated rings. The summed E-state index contributed by atoms with van der Waals surface area (Å²) in [4.78, 5) is 8.68. The van der Waals surface area contributed by atoms with Gasteiger partial charge in [-0.3, -0.25) is 0 Å². The molecule has 1 N–H and O–H groups in total. The summed E-state index contributed by atoms with van der Waals surface area (Å²) in [6.45, 7) is 4.37. The first-order chi connectivity index (χ1) is 9.31. The fourth-order valence-corrected chi connectivity index (χ4v) is 2.10. The lowest BCUT2D eigenvalue weighted by Crippen LogP contribution is -1.98. The zero-order chi connectivity index (χ0) is 13.5. The number of nitrogens with zero attached hydrogens (tertiary/aromatic N) is 2. The maximum atomic E-state index is 4.34. The molecule has 3 heteroatoms. The van der Waals surface area contributed by atoms with Crippen LogP contribution in [0, 0.1) is 0 Å². The van der Waals surface area contributed by atoms with Gasteiger partial charge in [-0.2, -0.15) is 0 Å². The number of pyridine rings is 2. The highest BCUT2D eigenvalue weighted by atomic mass is 15.0. The van der Waals surface area contributed by atoms with Crippen molar-refractivity contribution in [3.8, 4) is 0 Å². The average molecular weight is 255 g/mol. The molecule has 2 rings (SSSR count). The third-order valence-electron chi connectivity index (χ3n) is 2.98. The molecule has 19 heavy (non-hydrogen) atoms. The fraction of sp³-hybridized carbons (Fsp3) is 0.375. The molecule has 3 nitrogen and oxygen atoms in total. The summed E-state index contributed by atoms with van der Waals surface area (Å²) in [6, 6.07) is 8.32. The van der Waals surface area contributed by atoms with Gasteiger partial charge in [-0.1, -0.05) is 26.7 Å². The van der Waals surface area contributed by atoms with Gasteiger partial charge in [0, 0.05) is 12.4 Å². The van der Waals surface area contributed by atoms with E-state index >= 15 is 0 Å². The first-order valence-corrected chi connectivity index (χ1v) is 6.98. The third kappa shape index (κ3) is 4.05. The number of aromatic nitrogens is 2. The third-order valence-corrected chi connectivity index (χ3v) is 2.98. The topological polar surface area (TPSA) is 37.8 Å². The smallest absolute Gasteiger partial charge is 0.131 e. The molecule has 0 saturated heterocycles. The fourth-order valence-electron chi connectivity index (χ4n) is 2.10. The van der Waals surface area contributed by atoms with Crippen LogP contribution in [0.25, 0.3) is 0 Å². The minimum absolute atomic E-state index is 0.868. The first-order valence-electron chi connectivity index (χ1n) is 6.98. The van der Waals surface area contributed by atoms with Gasteiger partial charge >= 0.3 is 0 Å². The highest BCUT2D eigenvalue weighted by molar-refractivity contribution is 5.53. The Balaban J connectivity index is 2.11. The predicted octanol–water partition coefficient (Wildman–Crippen LogP) is 4.13. The molecule has 0 aliphatic carbocycles. The van der Waals surface area contributed by atoms with Crippen LogP contribution < -0.4 is 5.32 Å². The summed E-state index contributed by atoms with van der Waals surface area (Å²) < 4.78 is 0. The van der Waals surface area contributed by atoms with Crippen molar-refractivity contribution in [2.24, 2.45) is 0 Å². The standard InChI is InChI=1S/C16H21N3/c1-3-5-13-7-9-17-15(11-13)19-16-12-14(6-4-2)8-10-18-16/h7-12H,3-6H2,1-2H3,(H,17,18,19). The minimum Gasteiger partial charge on any atom is -0.325 e. The van der Waals surface area contributed by atoms with E-state index in [4.69, 9.17) is 0 Å². The van der Waals surface area contributed by atoms with Gasteiger partial charge in [-0.15, -0.1) is 0 Å². The molecule has 2 aromatic rings. The molecule has 100 valence electrons. The van der Waals surface area contributed by atoms with Crippen molar-refractivity contribution in [1.29, 1.82) is 0 Å². The zero-order valence-electron chi connectivity index (χ0n) is 11.7. The molecule has 0 aromatic carbocycles. The second-order valence-electron chi connectivity index (χ2n) is 4.72. The Morgan fingerprint density at radius 3 is 1.74 bits per heavy atom. The Labute approximate surface area is 115 Å². The van der Waals surface area contributed by atoms with Gasteiger partial charge in [0.05, 0.1) is 0 Å². The number of aryl methyl sites for hydroxylation is 2. The molecule has 2 heterocycles. The molecule has 0 spiro atoms. The van der Waals surface area contributed by atoms with E-state index < -0.39 is 0 Å². The van der Waals surface area contributed by atoms with Gasteiger partial charge in [0.25, 0.3) is 0 Å². The van der Waals surface area contributed by atoms with Crippen molar-refractivity contribution < 1.29 is 0 Å². The Bertz CT molecular complexity index is 475. The molecular weight excluding hydrogens is 234 g/mol. The number of hydrogen-bond donors (Lipinski definition) is 1. The van der Waals surface area contributed by atoms with E-state index in [1.807, 2.05) is 12.4 Å². The lowest BCUT2D eigenvalue weighted by molar-refractivity contribution is 0.917. The number of hydrogen-bond acceptors (Lipinski definition) is 3. The van der Waals surface area contributed by atoms with Crippen LogP contribution in [0.1, 0.15) is 37.8 Å². The van der Waals surface area contributed by atoms with Crippen molar-refractivity contribution in [3.63, 3.8) is 0 Å². The first kappa shape index (κ1) is 13.5. The van der Waals surface area contributed by atoms with Crippen molar-refractivity contribution in [1.82, 2.24) is 9.97 Å². The van der Waals surface area contributed by atoms with Crippen LogP contribution >= 0.6 is 0 Å². The lowest BCUT2D eigenvalue weighted by Gasteiger charge is -2.07. The van der Waals surface area contributed by atoms with E-state index in [1.165, 1.54) is 11.1 Å². The maximum absolute atomic E-state index is 4.34. The molecule has 2 aromatic heterocycles. The Morgan fingerprint density at radius 1 is 0.842 bits per heavy atom. The molecule has 0 bridgehead atoms. The molecular formula is C16H21N3. The summed E-state index contributed by atoms with van der Waals surface area (Å²) in [5, 5.41) is 3.28. The predicted molar refractivity (Wildman–Crippen MR) is 79.7 cm³/mol. The Kier molecular flexibility index (Phi) is 4.90.